The van der Waals surface area contributed by atoms with Crippen molar-refractivity contribution in [1.82, 2.24) is 10.6 Å². The van der Waals surface area contributed by atoms with Crippen LogP contribution in [0.4, 0.5) is 4.79 Å². The minimum absolute atomic E-state index is 0.128. The highest BCUT2D eigenvalue weighted by Crippen LogP contribution is 2.00. The predicted octanol–water partition coefficient (Wildman–Crippen LogP) is -0.569. The first-order valence-corrected chi connectivity index (χ1v) is 6.10. The van der Waals surface area contributed by atoms with Crippen molar-refractivity contribution in [3.05, 3.63) is 0 Å². The molecular formula is C11H21N3O5. The van der Waals surface area contributed by atoms with Crippen molar-refractivity contribution in [2.75, 3.05) is 19.8 Å². The van der Waals surface area contributed by atoms with E-state index < -0.39 is 23.9 Å². The van der Waals surface area contributed by atoms with Gasteiger partial charge >= 0.3 is 12.0 Å². The van der Waals surface area contributed by atoms with Crippen LogP contribution in [0.1, 0.15) is 26.2 Å². The molecule has 0 heterocycles. The van der Waals surface area contributed by atoms with E-state index in [0.29, 0.717) is 6.42 Å². The van der Waals surface area contributed by atoms with Crippen LogP contribution in [0.25, 0.3) is 0 Å². The number of carboxylic acid groups (broad SMARTS) is 1. The van der Waals surface area contributed by atoms with E-state index in [4.69, 9.17) is 15.6 Å². The Labute approximate surface area is 111 Å². The van der Waals surface area contributed by atoms with E-state index in [9.17, 15) is 14.4 Å². The zero-order valence-corrected chi connectivity index (χ0v) is 11.0. The highest BCUT2D eigenvalue weighted by atomic mass is 16.5. The summed E-state index contributed by atoms with van der Waals surface area (Å²) in [6.45, 7) is 2.02. The Morgan fingerprint density at radius 3 is 2.58 bits per heavy atom. The van der Waals surface area contributed by atoms with Crippen LogP contribution in [0.5, 0.6) is 0 Å². The Kier molecular flexibility index (Phi) is 9.15. The lowest BCUT2D eigenvalue weighted by molar-refractivity contribution is -0.139. The number of aliphatic carboxylic acids is 1. The number of nitrogens with one attached hydrogen (secondary N) is 2. The summed E-state index contributed by atoms with van der Waals surface area (Å²) in [5, 5.41) is 13.7. The molecule has 1 unspecified atom stereocenters. The molecule has 1 atom stereocenters. The number of nitrogens with two attached hydrogens (primary N) is 1. The molecule has 0 radical (unpaired) electrons. The topological polar surface area (TPSA) is 131 Å². The quantitative estimate of drug-likeness (QED) is 0.397. The summed E-state index contributed by atoms with van der Waals surface area (Å²) in [7, 11) is 0. The highest BCUT2D eigenvalue weighted by molar-refractivity contribution is 5.82. The van der Waals surface area contributed by atoms with Crippen molar-refractivity contribution in [1.29, 1.82) is 0 Å². The number of carbonyl (C=O) groups excluding carboxylic acids is 2. The molecule has 8 nitrogen and oxygen atoms in total. The maximum absolute atomic E-state index is 11.4. The van der Waals surface area contributed by atoms with Gasteiger partial charge in [0, 0.05) is 6.54 Å². The lowest BCUT2D eigenvalue weighted by Gasteiger charge is -2.14. The van der Waals surface area contributed by atoms with Crippen LogP contribution in [-0.2, 0) is 14.3 Å². The Hall–Kier alpha value is -1.83. The number of hydrogen-bond donors (Lipinski definition) is 4. The summed E-state index contributed by atoms with van der Waals surface area (Å²) in [5.41, 5.74) is 4.85. The summed E-state index contributed by atoms with van der Waals surface area (Å²) >= 11 is 0. The molecule has 0 aliphatic carbocycles. The number of carbonyl (C=O) groups is 3. The molecule has 3 amide bonds. The van der Waals surface area contributed by atoms with Crippen LogP contribution in [0, 0.1) is 0 Å². The second kappa shape index (κ2) is 10.1. The number of ether oxygens (including phenoxy) is 1. The van der Waals surface area contributed by atoms with Gasteiger partial charge in [0.05, 0.1) is 6.61 Å². The zero-order valence-electron chi connectivity index (χ0n) is 11.0. The molecule has 5 N–H and O–H groups in total. The van der Waals surface area contributed by atoms with E-state index in [-0.39, 0.29) is 19.8 Å². The van der Waals surface area contributed by atoms with Gasteiger partial charge in [0.25, 0.3) is 0 Å². The van der Waals surface area contributed by atoms with Crippen LogP contribution in [0.15, 0.2) is 0 Å². The SMILES string of the molecule is CCCCC(NC(=O)NCCOCC(N)=O)C(=O)O. The smallest absolute Gasteiger partial charge is 0.326 e. The van der Waals surface area contributed by atoms with E-state index >= 15 is 0 Å². The summed E-state index contributed by atoms with van der Waals surface area (Å²) in [5.74, 6) is -1.65. The van der Waals surface area contributed by atoms with Gasteiger partial charge < -0.3 is 26.2 Å². The van der Waals surface area contributed by atoms with Crippen molar-refractivity contribution in [2.45, 2.75) is 32.2 Å². The van der Waals surface area contributed by atoms with Gasteiger partial charge in [0.15, 0.2) is 0 Å². The standard InChI is InChI=1S/C11H21N3O5/c1-2-3-4-8(10(16)17)14-11(18)13-5-6-19-7-9(12)15/h8H,2-7H2,1H3,(H2,12,15)(H,16,17)(H2,13,14,18). The van der Waals surface area contributed by atoms with E-state index in [0.717, 1.165) is 12.8 Å². The molecule has 110 valence electrons. The third kappa shape index (κ3) is 9.83. The van der Waals surface area contributed by atoms with Gasteiger partial charge in [-0.1, -0.05) is 19.8 Å². The first kappa shape index (κ1) is 17.2. The third-order valence-corrected chi connectivity index (χ3v) is 2.23. The molecule has 8 heteroatoms. The second-order valence-corrected chi connectivity index (χ2v) is 3.95. The van der Waals surface area contributed by atoms with Crippen LogP contribution < -0.4 is 16.4 Å². The first-order chi connectivity index (χ1) is 8.97. The van der Waals surface area contributed by atoms with Gasteiger partial charge in [-0.2, -0.15) is 0 Å². The molecule has 0 saturated heterocycles. The van der Waals surface area contributed by atoms with E-state index in [2.05, 4.69) is 10.6 Å². The maximum atomic E-state index is 11.4. The normalized spacial score (nSPS) is 11.6. The number of primary amides is 1. The average molecular weight is 275 g/mol. The zero-order chi connectivity index (χ0) is 14.7. The molecule has 0 aromatic carbocycles. The molecule has 0 aliphatic heterocycles. The molecule has 0 aromatic rings. The minimum atomic E-state index is -1.06. The van der Waals surface area contributed by atoms with E-state index in [1.165, 1.54) is 0 Å². The monoisotopic (exact) mass is 275 g/mol. The molecular weight excluding hydrogens is 254 g/mol. The molecule has 0 bridgehead atoms. The number of unbranched alkanes of at least 4 members (excludes halogenated alkanes) is 1. The lowest BCUT2D eigenvalue weighted by Crippen LogP contribution is -2.46. The first-order valence-electron chi connectivity index (χ1n) is 6.10. The fourth-order valence-corrected chi connectivity index (χ4v) is 1.28. The van der Waals surface area contributed by atoms with Crippen LogP contribution in [-0.4, -0.2) is 48.8 Å². The molecule has 0 aromatic heterocycles. The van der Waals surface area contributed by atoms with Gasteiger partial charge in [-0.3, -0.25) is 4.79 Å². The van der Waals surface area contributed by atoms with Crippen LogP contribution in [0.2, 0.25) is 0 Å². The lowest BCUT2D eigenvalue weighted by atomic mass is 10.1. The number of urea groups is 1. The largest absolute Gasteiger partial charge is 0.480 e. The van der Waals surface area contributed by atoms with Gasteiger partial charge in [0.1, 0.15) is 12.6 Å². The molecule has 0 aliphatic rings. The van der Waals surface area contributed by atoms with Gasteiger partial charge in [0.2, 0.25) is 5.91 Å². The molecule has 0 fully saturated rings. The minimum Gasteiger partial charge on any atom is -0.480 e. The molecule has 0 saturated carbocycles. The van der Waals surface area contributed by atoms with Gasteiger partial charge in [-0.25, -0.2) is 9.59 Å². The number of hydrogen-bond acceptors (Lipinski definition) is 4. The van der Waals surface area contributed by atoms with Crippen molar-refractivity contribution in [2.24, 2.45) is 5.73 Å². The summed E-state index contributed by atoms with van der Waals surface area (Å²) < 4.78 is 4.83. The maximum Gasteiger partial charge on any atom is 0.326 e. The van der Waals surface area contributed by atoms with Gasteiger partial charge in [-0.15, -0.1) is 0 Å². The predicted molar refractivity (Wildman–Crippen MR) is 67.5 cm³/mol. The summed E-state index contributed by atoms with van der Waals surface area (Å²) in [4.78, 5) is 32.6. The third-order valence-electron chi connectivity index (χ3n) is 2.23. The van der Waals surface area contributed by atoms with Crippen molar-refractivity contribution in [3.8, 4) is 0 Å². The number of amides is 3. The van der Waals surface area contributed by atoms with Crippen LogP contribution >= 0.6 is 0 Å². The number of carboxylic acids is 1. The second-order valence-electron chi connectivity index (χ2n) is 3.95. The van der Waals surface area contributed by atoms with Crippen LogP contribution in [0.3, 0.4) is 0 Å². The summed E-state index contributed by atoms with van der Waals surface area (Å²) in [6, 6.07) is -1.47. The Morgan fingerprint density at radius 1 is 1.37 bits per heavy atom. The van der Waals surface area contributed by atoms with Crippen molar-refractivity contribution >= 4 is 17.9 Å². The fourth-order valence-electron chi connectivity index (χ4n) is 1.28. The summed E-state index contributed by atoms with van der Waals surface area (Å²) in [6.07, 6.45) is 1.96. The fraction of sp³-hybridized carbons (Fsp3) is 0.727. The van der Waals surface area contributed by atoms with Gasteiger partial charge in [-0.05, 0) is 6.42 Å². The molecule has 0 rings (SSSR count). The average Bonchev–Trinajstić information content (AvgIpc) is 2.33. The molecule has 0 spiro atoms. The Bertz CT molecular complexity index is 309. The van der Waals surface area contributed by atoms with Crippen molar-refractivity contribution in [3.63, 3.8) is 0 Å². The van der Waals surface area contributed by atoms with E-state index in [1.54, 1.807) is 0 Å². The van der Waals surface area contributed by atoms with Crippen molar-refractivity contribution < 1.29 is 24.2 Å². The Balaban J connectivity index is 3.80. The highest BCUT2D eigenvalue weighted by Gasteiger charge is 2.18. The van der Waals surface area contributed by atoms with E-state index in [1.807, 2.05) is 6.92 Å². The molecule has 19 heavy (non-hydrogen) atoms. The number of rotatable bonds is 10. The Morgan fingerprint density at radius 2 is 2.05 bits per heavy atom.